The zero-order valence-electron chi connectivity index (χ0n) is 9.83. The molecule has 0 unspecified atom stereocenters. The van der Waals surface area contributed by atoms with Gasteiger partial charge in [0.15, 0.2) is 0 Å². The Morgan fingerprint density at radius 3 is 2.47 bits per heavy atom. The molecule has 15 heavy (non-hydrogen) atoms. The summed E-state index contributed by atoms with van der Waals surface area (Å²) >= 11 is 0. The van der Waals surface area contributed by atoms with Crippen molar-refractivity contribution >= 4 is 11.6 Å². The summed E-state index contributed by atoms with van der Waals surface area (Å²) in [4.78, 5) is 11.1. The normalized spacial score (nSPS) is 8.53. The minimum atomic E-state index is -0.00972. The highest BCUT2D eigenvalue weighted by Crippen LogP contribution is 2.22. The van der Waals surface area contributed by atoms with E-state index in [4.69, 9.17) is 4.74 Å². The van der Waals surface area contributed by atoms with Crippen molar-refractivity contribution in [2.24, 2.45) is 0 Å². The highest BCUT2D eigenvalue weighted by molar-refractivity contribution is 5.91. The summed E-state index contributed by atoms with van der Waals surface area (Å²) in [7, 11) is 1.58. The Morgan fingerprint density at radius 1 is 1.33 bits per heavy atom. The Kier molecular flexibility index (Phi) is 7.06. The van der Waals surface area contributed by atoms with Crippen molar-refractivity contribution in [1.29, 1.82) is 0 Å². The molecule has 0 aliphatic rings. The van der Waals surface area contributed by atoms with Gasteiger partial charge in [-0.05, 0) is 12.1 Å². The van der Waals surface area contributed by atoms with E-state index in [2.05, 4.69) is 5.32 Å². The molecule has 0 aliphatic heterocycles. The van der Waals surface area contributed by atoms with Crippen LogP contribution in [0, 0.1) is 0 Å². The van der Waals surface area contributed by atoms with E-state index in [1.165, 1.54) is 0 Å². The van der Waals surface area contributed by atoms with Gasteiger partial charge in [0.25, 0.3) is 0 Å². The Hall–Kier alpha value is -1.51. The van der Waals surface area contributed by atoms with E-state index >= 15 is 0 Å². The lowest BCUT2D eigenvalue weighted by molar-refractivity contribution is -0.115. The van der Waals surface area contributed by atoms with E-state index in [0.717, 1.165) is 5.69 Å². The van der Waals surface area contributed by atoms with Crippen LogP contribution < -0.4 is 10.1 Å². The zero-order chi connectivity index (χ0) is 11.7. The SMILES string of the molecule is CC.CCC(=O)Nc1ccccc1OC. The number of nitrogens with one attached hydrogen (secondary N) is 1. The third kappa shape index (κ3) is 4.49. The molecule has 3 nitrogen and oxygen atoms in total. The summed E-state index contributed by atoms with van der Waals surface area (Å²) in [5.41, 5.74) is 0.719. The average molecular weight is 209 g/mol. The summed E-state index contributed by atoms with van der Waals surface area (Å²) in [6.07, 6.45) is 0.470. The number of anilines is 1. The van der Waals surface area contributed by atoms with Gasteiger partial charge < -0.3 is 10.1 Å². The maximum absolute atomic E-state index is 11.1. The van der Waals surface area contributed by atoms with Gasteiger partial charge in [-0.2, -0.15) is 0 Å². The molecular formula is C12H19NO2. The van der Waals surface area contributed by atoms with Crippen LogP contribution in [0.5, 0.6) is 5.75 Å². The van der Waals surface area contributed by atoms with Crippen LogP contribution in [0.3, 0.4) is 0 Å². The minimum Gasteiger partial charge on any atom is -0.495 e. The summed E-state index contributed by atoms with van der Waals surface area (Å²) < 4.78 is 5.08. The first-order valence-corrected chi connectivity index (χ1v) is 5.20. The first kappa shape index (κ1) is 13.5. The average Bonchev–Trinajstić information content (AvgIpc) is 2.32. The van der Waals surface area contributed by atoms with Crippen molar-refractivity contribution < 1.29 is 9.53 Å². The van der Waals surface area contributed by atoms with Crippen LogP contribution >= 0.6 is 0 Å². The van der Waals surface area contributed by atoms with Gasteiger partial charge in [0.05, 0.1) is 12.8 Å². The van der Waals surface area contributed by atoms with Gasteiger partial charge >= 0.3 is 0 Å². The van der Waals surface area contributed by atoms with Crippen LogP contribution in [-0.2, 0) is 4.79 Å². The van der Waals surface area contributed by atoms with Gasteiger partial charge in [-0.3, -0.25) is 4.79 Å². The fourth-order valence-corrected chi connectivity index (χ4v) is 0.987. The lowest BCUT2D eigenvalue weighted by Crippen LogP contribution is -2.10. The summed E-state index contributed by atoms with van der Waals surface area (Å²) in [6, 6.07) is 7.34. The molecule has 0 spiro atoms. The molecule has 0 saturated heterocycles. The van der Waals surface area contributed by atoms with Crippen molar-refractivity contribution in [3.05, 3.63) is 24.3 Å². The number of methoxy groups -OCH3 is 1. The minimum absolute atomic E-state index is 0.00972. The number of para-hydroxylation sites is 2. The molecule has 0 aromatic heterocycles. The fraction of sp³-hybridized carbons (Fsp3) is 0.417. The number of hydrogen-bond acceptors (Lipinski definition) is 2. The topological polar surface area (TPSA) is 38.3 Å². The molecule has 1 aromatic rings. The lowest BCUT2D eigenvalue weighted by atomic mass is 10.3. The van der Waals surface area contributed by atoms with E-state index in [1.807, 2.05) is 45.0 Å². The summed E-state index contributed by atoms with van der Waals surface area (Å²) in [5, 5.41) is 2.75. The fourth-order valence-electron chi connectivity index (χ4n) is 0.987. The van der Waals surface area contributed by atoms with E-state index in [9.17, 15) is 4.79 Å². The second-order valence-electron chi connectivity index (χ2n) is 2.60. The summed E-state index contributed by atoms with van der Waals surface area (Å²) in [6.45, 7) is 5.81. The molecule has 0 radical (unpaired) electrons. The number of amides is 1. The Labute approximate surface area is 91.5 Å². The monoisotopic (exact) mass is 209 g/mol. The number of carbonyl (C=O) groups is 1. The predicted molar refractivity (Wildman–Crippen MR) is 63.3 cm³/mol. The smallest absolute Gasteiger partial charge is 0.224 e. The Bertz CT molecular complexity index is 297. The van der Waals surface area contributed by atoms with Crippen LogP contribution in [-0.4, -0.2) is 13.0 Å². The van der Waals surface area contributed by atoms with E-state index in [-0.39, 0.29) is 5.91 Å². The quantitative estimate of drug-likeness (QED) is 0.830. The van der Waals surface area contributed by atoms with Gasteiger partial charge in [-0.1, -0.05) is 32.9 Å². The van der Waals surface area contributed by atoms with Crippen molar-refractivity contribution in [3.63, 3.8) is 0 Å². The number of benzene rings is 1. The second kappa shape index (κ2) is 7.85. The number of hydrogen-bond donors (Lipinski definition) is 1. The molecular weight excluding hydrogens is 190 g/mol. The molecule has 0 atom stereocenters. The zero-order valence-corrected chi connectivity index (χ0v) is 9.83. The molecule has 1 rings (SSSR count). The van der Waals surface area contributed by atoms with Crippen LogP contribution in [0.15, 0.2) is 24.3 Å². The number of ether oxygens (including phenoxy) is 1. The van der Waals surface area contributed by atoms with Gasteiger partial charge in [-0.25, -0.2) is 0 Å². The van der Waals surface area contributed by atoms with Crippen molar-refractivity contribution in [2.45, 2.75) is 27.2 Å². The number of rotatable bonds is 3. The van der Waals surface area contributed by atoms with Crippen LogP contribution in [0.2, 0.25) is 0 Å². The Morgan fingerprint density at radius 2 is 1.93 bits per heavy atom. The summed E-state index contributed by atoms with van der Waals surface area (Å²) in [5.74, 6) is 0.675. The third-order valence-corrected chi connectivity index (χ3v) is 1.70. The molecule has 84 valence electrons. The van der Waals surface area contributed by atoms with Gasteiger partial charge in [-0.15, -0.1) is 0 Å². The largest absolute Gasteiger partial charge is 0.495 e. The standard InChI is InChI=1S/C10H13NO2.C2H6/c1-3-10(12)11-8-6-4-5-7-9(8)13-2;1-2/h4-7H,3H2,1-2H3,(H,11,12);1-2H3. The van der Waals surface area contributed by atoms with E-state index < -0.39 is 0 Å². The molecule has 0 fully saturated rings. The lowest BCUT2D eigenvalue weighted by Gasteiger charge is -2.08. The van der Waals surface area contributed by atoms with Crippen LogP contribution in [0.4, 0.5) is 5.69 Å². The number of carbonyl (C=O) groups excluding carboxylic acids is 1. The van der Waals surface area contributed by atoms with Crippen LogP contribution in [0.25, 0.3) is 0 Å². The van der Waals surface area contributed by atoms with Gasteiger partial charge in [0.1, 0.15) is 5.75 Å². The van der Waals surface area contributed by atoms with Crippen molar-refractivity contribution in [2.75, 3.05) is 12.4 Å². The highest BCUT2D eigenvalue weighted by Gasteiger charge is 2.03. The molecule has 3 heteroatoms. The molecule has 0 bridgehead atoms. The van der Waals surface area contributed by atoms with Crippen molar-refractivity contribution in [3.8, 4) is 5.75 Å². The highest BCUT2D eigenvalue weighted by atomic mass is 16.5. The van der Waals surface area contributed by atoms with Crippen LogP contribution in [0.1, 0.15) is 27.2 Å². The Balaban J connectivity index is 0.000000921. The van der Waals surface area contributed by atoms with Crippen molar-refractivity contribution in [1.82, 2.24) is 0 Å². The first-order chi connectivity index (χ1) is 7.27. The first-order valence-electron chi connectivity index (χ1n) is 5.20. The maximum atomic E-state index is 11.1. The maximum Gasteiger partial charge on any atom is 0.224 e. The molecule has 0 heterocycles. The molecule has 0 aliphatic carbocycles. The third-order valence-electron chi connectivity index (χ3n) is 1.70. The second-order valence-corrected chi connectivity index (χ2v) is 2.60. The van der Waals surface area contributed by atoms with Gasteiger partial charge in [0.2, 0.25) is 5.91 Å². The van der Waals surface area contributed by atoms with E-state index in [1.54, 1.807) is 7.11 Å². The van der Waals surface area contributed by atoms with Gasteiger partial charge in [0, 0.05) is 6.42 Å². The molecule has 1 aromatic carbocycles. The van der Waals surface area contributed by atoms with E-state index in [0.29, 0.717) is 12.2 Å². The molecule has 1 amide bonds. The molecule has 0 saturated carbocycles. The molecule has 1 N–H and O–H groups in total. The predicted octanol–water partition coefficient (Wildman–Crippen LogP) is 3.07.